The number of ether oxygens (including phenoxy) is 1. The quantitative estimate of drug-likeness (QED) is 0.442. The molecule has 0 saturated carbocycles. The Morgan fingerprint density at radius 2 is 1.87 bits per heavy atom. The third kappa shape index (κ3) is 5.23. The zero-order chi connectivity index (χ0) is 21.8. The molecular weight excluding hydrogens is 500 g/mol. The van der Waals surface area contributed by atoms with Crippen LogP contribution in [0.3, 0.4) is 0 Å². The number of nitrogens with zero attached hydrogens (tertiary/aromatic N) is 1. The van der Waals surface area contributed by atoms with E-state index in [1.165, 1.54) is 11.8 Å². The minimum Gasteiger partial charge on any atom is -0.483 e. The van der Waals surface area contributed by atoms with Crippen LogP contribution in [0.15, 0.2) is 77.3 Å². The molecule has 3 aromatic rings. The lowest BCUT2D eigenvalue weighted by atomic mass is 10.1. The van der Waals surface area contributed by atoms with E-state index in [0.29, 0.717) is 22.2 Å². The van der Waals surface area contributed by atoms with E-state index in [9.17, 15) is 9.59 Å². The number of carbonyl (C=O) groups is 2. The molecule has 158 valence electrons. The predicted octanol–water partition coefficient (Wildman–Crippen LogP) is 5.90. The average molecular weight is 518 g/mol. The fraction of sp³-hybridized carbons (Fsp3) is 0.130. The summed E-state index contributed by atoms with van der Waals surface area (Å²) in [7, 11) is 0. The van der Waals surface area contributed by atoms with E-state index < -0.39 is 0 Å². The number of hydrogen-bond acceptors (Lipinski definition) is 4. The highest BCUT2D eigenvalue weighted by Crippen LogP contribution is 2.45. The van der Waals surface area contributed by atoms with Gasteiger partial charge in [0.2, 0.25) is 5.91 Å². The molecule has 0 radical (unpaired) electrons. The van der Waals surface area contributed by atoms with Gasteiger partial charge in [-0.05, 0) is 54.6 Å². The largest absolute Gasteiger partial charge is 0.483 e. The predicted molar refractivity (Wildman–Crippen MR) is 129 cm³/mol. The highest BCUT2D eigenvalue weighted by Gasteiger charge is 2.36. The third-order valence-electron chi connectivity index (χ3n) is 4.63. The minimum atomic E-state index is -0.279. The van der Waals surface area contributed by atoms with Crippen LogP contribution in [0.5, 0.6) is 5.75 Å². The van der Waals surface area contributed by atoms with Crippen molar-refractivity contribution in [1.29, 1.82) is 0 Å². The maximum Gasteiger partial charge on any atom is 0.262 e. The third-order valence-corrected chi connectivity index (χ3v) is 6.57. The fourth-order valence-electron chi connectivity index (χ4n) is 3.24. The monoisotopic (exact) mass is 516 g/mol. The van der Waals surface area contributed by atoms with E-state index in [0.717, 1.165) is 15.7 Å². The van der Waals surface area contributed by atoms with Crippen molar-refractivity contribution in [3.63, 3.8) is 0 Å². The van der Waals surface area contributed by atoms with Crippen LogP contribution in [0.4, 0.5) is 11.4 Å². The summed E-state index contributed by atoms with van der Waals surface area (Å²) >= 11 is 11.0. The Morgan fingerprint density at radius 1 is 1.13 bits per heavy atom. The summed E-state index contributed by atoms with van der Waals surface area (Å²) in [6.45, 7) is -0.143. The highest BCUT2D eigenvalue weighted by atomic mass is 79.9. The van der Waals surface area contributed by atoms with Crippen molar-refractivity contribution >= 4 is 62.5 Å². The molecule has 1 heterocycles. The number of halogens is 2. The molecule has 0 unspecified atom stereocenters. The molecule has 1 N–H and O–H groups in total. The summed E-state index contributed by atoms with van der Waals surface area (Å²) in [5.74, 6) is 0.653. The van der Waals surface area contributed by atoms with E-state index in [2.05, 4.69) is 21.2 Å². The number of benzene rings is 3. The van der Waals surface area contributed by atoms with Crippen molar-refractivity contribution in [3.8, 4) is 5.75 Å². The molecule has 0 aliphatic carbocycles. The Morgan fingerprint density at radius 3 is 2.61 bits per heavy atom. The van der Waals surface area contributed by atoms with E-state index in [4.69, 9.17) is 16.3 Å². The number of hydrogen-bond donors (Lipinski definition) is 1. The fourth-order valence-corrected chi connectivity index (χ4v) is 4.94. The molecule has 0 aromatic heterocycles. The summed E-state index contributed by atoms with van der Waals surface area (Å²) in [5.41, 5.74) is 2.28. The molecule has 1 atom stereocenters. The second kappa shape index (κ2) is 9.77. The zero-order valence-electron chi connectivity index (χ0n) is 16.3. The first kappa shape index (κ1) is 21.7. The van der Waals surface area contributed by atoms with Gasteiger partial charge >= 0.3 is 0 Å². The van der Waals surface area contributed by atoms with Gasteiger partial charge in [-0.1, -0.05) is 45.7 Å². The number of anilines is 2. The van der Waals surface area contributed by atoms with Crippen LogP contribution in [-0.2, 0) is 9.59 Å². The molecular formula is C23H18BrClN2O3S. The van der Waals surface area contributed by atoms with E-state index in [-0.39, 0.29) is 23.8 Å². The molecule has 3 aromatic carbocycles. The van der Waals surface area contributed by atoms with Gasteiger partial charge in [-0.15, -0.1) is 11.8 Å². The van der Waals surface area contributed by atoms with Gasteiger partial charge in [-0.2, -0.15) is 0 Å². The van der Waals surface area contributed by atoms with E-state index >= 15 is 0 Å². The molecule has 4 rings (SSSR count). The molecule has 1 fully saturated rings. The Labute approximate surface area is 197 Å². The summed E-state index contributed by atoms with van der Waals surface area (Å²) in [4.78, 5) is 26.7. The van der Waals surface area contributed by atoms with Crippen LogP contribution >= 0.6 is 39.3 Å². The Kier molecular flexibility index (Phi) is 6.85. The van der Waals surface area contributed by atoms with Gasteiger partial charge in [0.05, 0.1) is 5.75 Å². The zero-order valence-corrected chi connectivity index (χ0v) is 19.4. The van der Waals surface area contributed by atoms with Gasteiger partial charge in [0.15, 0.2) is 6.61 Å². The van der Waals surface area contributed by atoms with Crippen LogP contribution in [0.25, 0.3) is 0 Å². The molecule has 1 aliphatic heterocycles. The summed E-state index contributed by atoms with van der Waals surface area (Å²) in [6, 6.07) is 22.0. The van der Waals surface area contributed by atoms with Gasteiger partial charge < -0.3 is 10.1 Å². The number of carbonyl (C=O) groups excluding carboxylic acids is 2. The average Bonchev–Trinajstić information content (AvgIpc) is 3.15. The van der Waals surface area contributed by atoms with Crippen molar-refractivity contribution in [3.05, 3.63) is 87.9 Å². The van der Waals surface area contributed by atoms with Crippen molar-refractivity contribution in [1.82, 2.24) is 0 Å². The normalized spacial score (nSPS) is 15.7. The number of thioether (sulfide) groups is 1. The molecule has 8 heteroatoms. The maximum atomic E-state index is 12.7. The summed E-state index contributed by atoms with van der Waals surface area (Å²) in [6.07, 6.45) is 0. The SMILES string of the molecule is O=C(COc1ccc(Br)cc1[C@H]1SCC(=O)N1c1ccc(Cl)cc1)Nc1ccccc1. The van der Waals surface area contributed by atoms with Crippen molar-refractivity contribution in [2.75, 3.05) is 22.6 Å². The second-order valence-corrected chi connectivity index (χ2v) is 9.21. The van der Waals surface area contributed by atoms with Gasteiger partial charge in [0.25, 0.3) is 5.91 Å². The first-order valence-electron chi connectivity index (χ1n) is 9.47. The first-order valence-corrected chi connectivity index (χ1v) is 11.7. The summed E-state index contributed by atoms with van der Waals surface area (Å²) in [5, 5.41) is 3.13. The van der Waals surface area contributed by atoms with Gasteiger partial charge in [0.1, 0.15) is 11.1 Å². The Bertz CT molecular complexity index is 1100. The van der Waals surface area contributed by atoms with Gasteiger partial charge in [-0.25, -0.2) is 0 Å². The van der Waals surface area contributed by atoms with Gasteiger partial charge in [-0.3, -0.25) is 14.5 Å². The summed E-state index contributed by atoms with van der Waals surface area (Å²) < 4.78 is 6.73. The lowest BCUT2D eigenvalue weighted by molar-refractivity contribution is -0.118. The topological polar surface area (TPSA) is 58.6 Å². The standard InChI is InChI=1S/C23H18BrClN2O3S/c24-15-6-11-20(30-13-21(28)26-17-4-2-1-3-5-17)19(12-15)23-27(22(29)14-31-23)18-9-7-16(25)8-10-18/h1-12,23H,13-14H2,(H,26,28)/t23-/m1/s1. The van der Waals surface area contributed by atoms with Crippen LogP contribution in [0.1, 0.15) is 10.9 Å². The van der Waals surface area contributed by atoms with Crippen LogP contribution < -0.4 is 15.0 Å². The Balaban J connectivity index is 1.55. The number of para-hydroxylation sites is 1. The molecule has 5 nitrogen and oxygen atoms in total. The number of rotatable bonds is 6. The van der Waals surface area contributed by atoms with E-state index in [1.54, 1.807) is 23.1 Å². The van der Waals surface area contributed by atoms with Crippen LogP contribution in [0.2, 0.25) is 5.02 Å². The minimum absolute atomic E-state index is 0.00469. The number of nitrogens with one attached hydrogen (secondary N) is 1. The lowest BCUT2D eigenvalue weighted by Gasteiger charge is -2.26. The molecule has 31 heavy (non-hydrogen) atoms. The molecule has 0 bridgehead atoms. The van der Waals surface area contributed by atoms with Crippen molar-refractivity contribution in [2.24, 2.45) is 0 Å². The van der Waals surface area contributed by atoms with E-state index in [1.807, 2.05) is 54.6 Å². The van der Waals surface area contributed by atoms with Gasteiger partial charge in [0, 0.05) is 26.4 Å². The maximum absolute atomic E-state index is 12.7. The second-order valence-electron chi connectivity index (χ2n) is 6.79. The molecule has 1 aliphatic rings. The smallest absolute Gasteiger partial charge is 0.262 e. The van der Waals surface area contributed by atoms with Crippen molar-refractivity contribution in [2.45, 2.75) is 5.37 Å². The van der Waals surface area contributed by atoms with Crippen LogP contribution in [0, 0.1) is 0 Å². The Hall–Kier alpha value is -2.48. The lowest BCUT2D eigenvalue weighted by Crippen LogP contribution is -2.28. The first-order chi connectivity index (χ1) is 15.0. The molecule has 1 saturated heterocycles. The van der Waals surface area contributed by atoms with Crippen LogP contribution in [-0.4, -0.2) is 24.2 Å². The number of amides is 2. The molecule has 2 amide bonds. The molecule has 0 spiro atoms. The highest BCUT2D eigenvalue weighted by molar-refractivity contribution is 9.10. The van der Waals surface area contributed by atoms with Crippen molar-refractivity contribution < 1.29 is 14.3 Å².